The third-order valence-corrected chi connectivity index (χ3v) is 6.41. The Hall–Kier alpha value is -3.23. The van der Waals surface area contributed by atoms with Crippen molar-refractivity contribution in [3.63, 3.8) is 0 Å². The summed E-state index contributed by atoms with van der Waals surface area (Å²) >= 11 is 7.57. The Kier molecular flexibility index (Phi) is 7.05. The molecule has 0 unspecified atom stereocenters. The molecule has 0 bridgehead atoms. The van der Waals surface area contributed by atoms with E-state index in [0.717, 1.165) is 27.4 Å². The van der Waals surface area contributed by atoms with Crippen molar-refractivity contribution in [2.45, 2.75) is 18.5 Å². The number of hydrogen-bond donors (Lipinski definition) is 1. The predicted octanol–water partition coefficient (Wildman–Crippen LogP) is 4.78. The maximum Gasteiger partial charge on any atom is 0.230 e. The summed E-state index contributed by atoms with van der Waals surface area (Å²) in [5.41, 5.74) is 4.20. The number of fused-ring (bicyclic) bond motifs is 1. The maximum absolute atomic E-state index is 12.4. The van der Waals surface area contributed by atoms with Crippen LogP contribution < -0.4 is 14.8 Å². The topological polar surface area (TPSA) is 77.8 Å². The van der Waals surface area contributed by atoms with Crippen molar-refractivity contribution in [1.82, 2.24) is 19.9 Å². The molecule has 1 N–H and O–H groups in total. The zero-order valence-corrected chi connectivity index (χ0v) is 20.0. The minimum absolute atomic E-state index is 0.0881. The molecule has 2 aromatic heterocycles. The molecule has 170 valence electrons. The molecule has 9 heteroatoms. The summed E-state index contributed by atoms with van der Waals surface area (Å²) in [7, 11) is 3.21. The number of aromatic nitrogens is 3. The second kappa shape index (κ2) is 10.1. The lowest BCUT2D eigenvalue weighted by molar-refractivity contribution is -0.118. The SMILES string of the molecule is COc1ccc(-c2cnn3c(SCC(=O)NCc4ccccc4Cl)cc(C)nc23)cc1OC. The van der Waals surface area contributed by atoms with Gasteiger partial charge in [-0.25, -0.2) is 9.50 Å². The van der Waals surface area contributed by atoms with Crippen molar-refractivity contribution in [1.29, 1.82) is 0 Å². The number of carbonyl (C=O) groups excluding carboxylic acids is 1. The zero-order valence-electron chi connectivity index (χ0n) is 18.5. The summed E-state index contributed by atoms with van der Waals surface area (Å²) in [6, 6.07) is 15.1. The molecule has 0 saturated carbocycles. The van der Waals surface area contributed by atoms with Gasteiger partial charge in [0.25, 0.3) is 0 Å². The molecule has 2 aromatic carbocycles. The number of amides is 1. The van der Waals surface area contributed by atoms with E-state index in [9.17, 15) is 4.79 Å². The Morgan fingerprint density at radius 2 is 1.91 bits per heavy atom. The Balaban J connectivity index is 1.53. The van der Waals surface area contributed by atoms with E-state index >= 15 is 0 Å². The third-order valence-electron chi connectivity index (χ3n) is 5.05. The number of nitrogens with zero attached hydrogens (tertiary/aromatic N) is 3. The van der Waals surface area contributed by atoms with E-state index in [1.807, 2.05) is 55.5 Å². The molecule has 0 aliphatic carbocycles. The quantitative estimate of drug-likeness (QED) is 0.287. The minimum atomic E-state index is -0.0881. The molecule has 33 heavy (non-hydrogen) atoms. The van der Waals surface area contributed by atoms with Crippen molar-refractivity contribution in [2.24, 2.45) is 0 Å². The second-order valence-corrected chi connectivity index (χ2v) is 8.66. The highest BCUT2D eigenvalue weighted by Crippen LogP contribution is 2.34. The van der Waals surface area contributed by atoms with Crippen LogP contribution in [0.3, 0.4) is 0 Å². The van der Waals surface area contributed by atoms with E-state index in [2.05, 4.69) is 15.4 Å². The van der Waals surface area contributed by atoms with Gasteiger partial charge in [-0.2, -0.15) is 5.10 Å². The summed E-state index contributed by atoms with van der Waals surface area (Å²) < 4.78 is 12.5. The van der Waals surface area contributed by atoms with Gasteiger partial charge in [-0.15, -0.1) is 0 Å². The molecule has 0 aliphatic heterocycles. The van der Waals surface area contributed by atoms with Crippen LogP contribution in [0.4, 0.5) is 0 Å². The minimum Gasteiger partial charge on any atom is -0.493 e. The fraction of sp³-hybridized carbons (Fsp3) is 0.208. The molecule has 0 fully saturated rings. The Morgan fingerprint density at radius 1 is 1.12 bits per heavy atom. The van der Waals surface area contributed by atoms with Crippen LogP contribution in [0.1, 0.15) is 11.3 Å². The molecular formula is C24H23ClN4O3S. The number of methoxy groups -OCH3 is 2. The lowest BCUT2D eigenvalue weighted by Crippen LogP contribution is -2.24. The third kappa shape index (κ3) is 5.07. The number of thioether (sulfide) groups is 1. The van der Waals surface area contributed by atoms with Gasteiger partial charge in [0.05, 0.1) is 26.2 Å². The summed E-state index contributed by atoms with van der Waals surface area (Å²) in [6.07, 6.45) is 1.77. The molecule has 4 aromatic rings. The van der Waals surface area contributed by atoms with Gasteiger partial charge in [0.1, 0.15) is 5.03 Å². The van der Waals surface area contributed by atoms with Gasteiger partial charge in [0.15, 0.2) is 17.1 Å². The number of hydrogen-bond acceptors (Lipinski definition) is 6. The smallest absolute Gasteiger partial charge is 0.230 e. The van der Waals surface area contributed by atoms with E-state index in [1.54, 1.807) is 24.9 Å². The highest BCUT2D eigenvalue weighted by atomic mass is 35.5. The Labute approximate surface area is 201 Å². The van der Waals surface area contributed by atoms with Crippen LogP contribution in [0.25, 0.3) is 16.8 Å². The summed E-state index contributed by atoms with van der Waals surface area (Å²) in [5.74, 6) is 1.44. The van der Waals surface area contributed by atoms with Gasteiger partial charge in [-0.1, -0.05) is 47.6 Å². The normalized spacial score (nSPS) is 10.9. The fourth-order valence-electron chi connectivity index (χ4n) is 3.39. The van der Waals surface area contributed by atoms with Crippen molar-refractivity contribution in [3.8, 4) is 22.6 Å². The number of ether oxygens (including phenoxy) is 2. The first-order chi connectivity index (χ1) is 16.0. The summed E-state index contributed by atoms with van der Waals surface area (Å²) in [5, 5.41) is 8.91. The Morgan fingerprint density at radius 3 is 2.67 bits per heavy atom. The number of nitrogens with one attached hydrogen (secondary N) is 1. The van der Waals surface area contributed by atoms with Gasteiger partial charge in [-0.3, -0.25) is 4.79 Å². The van der Waals surface area contributed by atoms with E-state index in [0.29, 0.717) is 28.7 Å². The Bertz CT molecular complexity index is 1310. The largest absolute Gasteiger partial charge is 0.493 e. The number of rotatable bonds is 8. The first-order valence-electron chi connectivity index (χ1n) is 10.2. The van der Waals surface area contributed by atoms with Crippen LogP contribution >= 0.6 is 23.4 Å². The average molecular weight is 483 g/mol. The first-order valence-corrected chi connectivity index (χ1v) is 11.6. The molecular weight excluding hydrogens is 460 g/mol. The zero-order chi connectivity index (χ0) is 23.4. The molecule has 1 amide bonds. The molecule has 0 atom stereocenters. The number of benzene rings is 2. The van der Waals surface area contributed by atoms with Crippen LogP contribution in [0.15, 0.2) is 59.8 Å². The maximum atomic E-state index is 12.4. The molecule has 0 aliphatic rings. The predicted molar refractivity (Wildman–Crippen MR) is 130 cm³/mol. The highest BCUT2D eigenvalue weighted by molar-refractivity contribution is 7.99. The van der Waals surface area contributed by atoms with E-state index < -0.39 is 0 Å². The van der Waals surface area contributed by atoms with Crippen molar-refractivity contribution in [2.75, 3.05) is 20.0 Å². The molecule has 0 radical (unpaired) electrons. The fourth-order valence-corrected chi connectivity index (χ4v) is 4.48. The summed E-state index contributed by atoms with van der Waals surface area (Å²) in [4.78, 5) is 17.1. The van der Waals surface area contributed by atoms with Gasteiger partial charge >= 0.3 is 0 Å². The van der Waals surface area contributed by atoms with E-state index in [4.69, 9.17) is 21.1 Å². The summed E-state index contributed by atoms with van der Waals surface area (Å²) in [6.45, 7) is 2.31. The molecule has 0 saturated heterocycles. The number of halogens is 1. The standard InChI is InChI=1S/C24H23ClN4O3S/c1-15-10-23(33-14-22(30)26-12-17-6-4-5-7-19(17)25)29-24(28-15)18(13-27-29)16-8-9-20(31-2)21(11-16)32-3/h4-11,13H,12,14H2,1-3H3,(H,26,30). The number of carbonyl (C=O) groups is 1. The van der Waals surface area contributed by atoms with Crippen LogP contribution in [-0.4, -0.2) is 40.5 Å². The number of aryl methyl sites for hydroxylation is 1. The van der Waals surface area contributed by atoms with Crippen molar-refractivity contribution >= 4 is 34.9 Å². The van der Waals surface area contributed by atoms with Gasteiger partial charge in [0, 0.05) is 22.8 Å². The van der Waals surface area contributed by atoms with Gasteiger partial charge in [0.2, 0.25) is 5.91 Å². The van der Waals surface area contributed by atoms with Crippen LogP contribution in [-0.2, 0) is 11.3 Å². The monoisotopic (exact) mass is 482 g/mol. The first kappa shape index (κ1) is 22.9. The van der Waals surface area contributed by atoms with E-state index in [-0.39, 0.29) is 11.7 Å². The molecule has 2 heterocycles. The average Bonchev–Trinajstić information content (AvgIpc) is 3.25. The van der Waals surface area contributed by atoms with Gasteiger partial charge in [-0.05, 0) is 42.3 Å². The highest BCUT2D eigenvalue weighted by Gasteiger charge is 2.15. The second-order valence-electron chi connectivity index (χ2n) is 7.26. The van der Waals surface area contributed by atoms with Crippen molar-refractivity contribution in [3.05, 3.63) is 71.0 Å². The van der Waals surface area contributed by atoms with Crippen molar-refractivity contribution < 1.29 is 14.3 Å². The van der Waals surface area contributed by atoms with E-state index in [1.165, 1.54) is 11.8 Å². The van der Waals surface area contributed by atoms with Gasteiger partial charge < -0.3 is 14.8 Å². The molecule has 7 nitrogen and oxygen atoms in total. The lowest BCUT2D eigenvalue weighted by atomic mass is 10.1. The van der Waals surface area contributed by atoms with Crippen LogP contribution in [0, 0.1) is 6.92 Å². The molecule has 4 rings (SSSR count). The van der Waals surface area contributed by atoms with Crippen LogP contribution in [0.5, 0.6) is 11.5 Å². The molecule has 0 spiro atoms. The lowest BCUT2D eigenvalue weighted by Gasteiger charge is -2.10. The van der Waals surface area contributed by atoms with Crippen LogP contribution in [0.2, 0.25) is 5.02 Å².